The van der Waals surface area contributed by atoms with Crippen molar-refractivity contribution in [1.82, 2.24) is 20.0 Å². The maximum absolute atomic E-state index is 12.5. The van der Waals surface area contributed by atoms with Crippen LogP contribution in [0.25, 0.3) is 5.65 Å². The van der Waals surface area contributed by atoms with Crippen LogP contribution < -0.4 is 10.6 Å². The number of aromatic nitrogens is 2. The maximum atomic E-state index is 12.5. The number of nitrogens with zero attached hydrogens (tertiary/aromatic N) is 2. The van der Waals surface area contributed by atoms with Crippen molar-refractivity contribution < 1.29 is 14.0 Å². The van der Waals surface area contributed by atoms with Gasteiger partial charge in [0.05, 0.1) is 12.0 Å². The van der Waals surface area contributed by atoms with Crippen LogP contribution in [-0.2, 0) is 11.2 Å². The highest BCUT2D eigenvalue weighted by molar-refractivity contribution is 5.95. The third-order valence-corrected chi connectivity index (χ3v) is 4.07. The Labute approximate surface area is 151 Å². The van der Waals surface area contributed by atoms with E-state index in [1.54, 1.807) is 12.1 Å². The van der Waals surface area contributed by atoms with Crippen LogP contribution in [0, 0.1) is 5.92 Å². The molecule has 136 valence electrons. The number of amides is 2. The number of nitrogens with one attached hydrogen (secondary N) is 2. The first kappa shape index (κ1) is 17.7. The van der Waals surface area contributed by atoms with Gasteiger partial charge in [-0.05, 0) is 30.2 Å². The van der Waals surface area contributed by atoms with Gasteiger partial charge in [-0.3, -0.25) is 9.59 Å². The lowest BCUT2D eigenvalue weighted by Crippen LogP contribution is -2.50. The summed E-state index contributed by atoms with van der Waals surface area (Å²) in [5.41, 5.74) is 1.77. The minimum Gasteiger partial charge on any atom is -0.459 e. The van der Waals surface area contributed by atoms with Crippen molar-refractivity contribution in [2.24, 2.45) is 5.92 Å². The van der Waals surface area contributed by atoms with E-state index in [1.165, 1.54) is 6.26 Å². The van der Waals surface area contributed by atoms with E-state index in [2.05, 4.69) is 15.6 Å². The SMILES string of the molecule is CC(C)C(NC(=O)c1ccco1)C(=O)NCCc1cn2ccccc2n1. The lowest BCUT2D eigenvalue weighted by Gasteiger charge is -2.21. The third kappa shape index (κ3) is 4.11. The molecular formula is C19H22N4O3. The minimum absolute atomic E-state index is 0.0518. The van der Waals surface area contributed by atoms with E-state index < -0.39 is 11.9 Å². The fraction of sp³-hybridized carbons (Fsp3) is 0.316. The van der Waals surface area contributed by atoms with Crippen LogP contribution in [0.3, 0.4) is 0 Å². The highest BCUT2D eigenvalue weighted by Gasteiger charge is 2.25. The first-order chi connectivity index (χ1) is 12.5. The summed E-state index contributed by atoms with van der Waals surface area (Å²) in [6, 6.07) is 8.37. The molecule has 3 rings (SSSR count). The number of rotatable bonds is 7. The average Bonchev–Trinajstić information content (AvgIpc) is 3.28. The lowest BCUT2D eigenvalue weighted by molar-refractivity contribution is -0.123. The zero-order valence-electron chi connectivity index (χ0n) is 14.8. The van der Waals surface area contributed by atoms with Crippen LogP contribution in [0.2, 0.25) is 0 Å². The molecule has 0 aliphatic heterocycles. The molecule has 0 aliphatic rings. The summed E-state index contributed by atoms with van der Waals surface area (Å²) >= 11 is 0. The second-order valence-corrected chi connectivity index (χ2v) is 6.41. The molecule has 7 heteroatoms. The zero-order chi connectivity index (χ0) is 18.5. The van der Waals surface area contributed by atoms with E-state index in [0.29, 0.717) is 13.0 Å². The van der Waals surface area contributed by atoms with Crippen molar-refractivity contribution >= 4 is 17.5 Å². The summed E-state index contributed by atoms with van der Waals surface area (Å²) in [4.78, 5) is 29.1. The molecule has 0 radical (unpaired) electrons. The normalized spacial score (nSPS) is 12.3. The Bertz CT molecular complexity index is 850. The number of carbonyl (C=O) groups excluding carboxylic acids is 2. The molecule has 2 N–H and O–H groups in total. The number of pyridine rings is 1. The molecule has 0 aliphatic carbocycles. The first-order valence-corrected chi connectivity index (χ1v) is 8.59. The van der Waals surface area contributed by atoms with Gasteiger partial charge in [0.1, 0.15) is 11.7 Å². The molecule has 0 saturated heterocycles. The van der Waals surface area contributed by atoms with E-state index in [1.807, 2.05) is 48.8 Å². The third-order valence-electron chi connectivity index (χ3n) is 4.07. The van der Waals surface area contributed by atoms with Crippen molar-refractivity contribution in [2.45, 2.75) is 26.3 Å². The van der Waals surface area contributed by atoms with Crippen LogP contribution in [0.4, 0.5) is 0 Å². The Morgan fingerprint density at radius 1 is 1.23 bits per heavy atom. The van der Waals surface area contributed by atoms with Crippen LogP contribution >= 0.6 is 0 Å². The van der Waals surface area contributed by atoms with Crippen molar-refractivity contribution in [3.8, 4) is 0 Å². The summed E-state index contributed by atoms with van der Waals surface area (Å²) in [5.74, 6) is -0.481. The van der Waals surface area contributed by atoms with Crippen molar-refractivity contribution in [1.29, 1.82) is 0 Å². The number of hydrogen-bond acceptors (Lipinski definition) is 4. The standard InChI is InChI=1S/C19H22N4O3/c1-13(2)17(22-18(24)15-6-5-11-26-15)19(25)20-9-8-14-12-23-10-4-3-7-16(23)21-14/h3-7,10-13,17H,8-9H2,1-2H3,(H,20,25)(H,22,24). The van der Waals surface area contributed by atoms with Crippen molar-refractivity contribution in [3.63, 3.8) is 0 Å². The highest BCUT2D eigenvalue weighted by Crippen LogP contribution is 2.07. The Balaban J connectivity index is 1.55. The highest BCUT2D eigenvalue weighted by atomic mass is 16.3. The van der Waals surface area contributed by atoms with Gasteiger partial charge in [0.25, 0.3) is 5.91 Å². The molecule has 3 heterocycles. The largest absolute Gasteiger partial charge is 0.459 e. The maximum Gasteiger partial charge on any atom is 0.287 e. The Morgan fingerprint density at radius 2 is 2.08 bits per heavy atom. The molecule has 1 atom stereocenters. The molecule has 0 bridgehead atoms. The van der Waals surface area contributed by atoms with E-state index in [0.717, 1.165) is 11.3 Å². The molecule has 0 saturated carbocycles. The molecular weight excluding hydrogens is 332 g/mol. The van der Waals surface area contributed by atoms with E-state index in [9.17, 15) is 9.59 Å². The monoisotopic (exact) mass is 354 g/mol. The summed E-state index contributed by atoms with van der Waals surface area (Å²) in [6.07, 6.45) is 5.92. The molecule has 0 fully saturated rings. The summed E-state index contributed by atoms with van der Waals surface area (Å²) < 4.78 is 7.01. The van der Waals surface area contributed by atoms with E-state index in [-0.39, 0.29) is 17.6 Å². The quantitative estimate of drug-likeness (QED) is 0.680. The van der Waals surface area contributed by atoms with Crippen LogP contribution in [0.1, 0.15) is 30.1 Å². The fourth-order valence-corrected chi connectivity index (χ4v) is 2.69. The number of fused-ring (bicyclic) bond motifs is 1. The molecule has 0 aromatic carbocycles. The summed E-state index contributed by atoms with van der Waals surface area (Å²) in [5, 5.41) is 5.60. The van der Waals surface area contributed by atoms with Gasteiger partial charge in [0.2, 0.25) is 5.91 Å². The summed E-state index contributed by atoms with van der Waals surface area (Å²) in [6.45, 7) is 4.21. The number of furan rings is 1. The molecule has 0 spiro atoms. The van der Waals surface area contributed by atoms with Crippen molar-refractivity contribution in [2.75, 3.05) is 6.54 Å². The van der Waals surface area contributed by atoms with Gasteiger partial charge >= 0.3 is 0 Å². The summed E-state index contributed by atoms with van der Waals surface area (Å²) in [7, 11) is 0. The van der Waals surface area contributed by atoms with Gasteiger partial charge in [0, 0.05) is 25.4 Å². The first-order valence-electron chi connectivity index (χ1n) is 8.59. The van der Waals surface area contributed by atoms with Crippen LogP contribution in [0.5, 0.6) is 0 Å². The Morgan fingerprint density at radius 3 is 2.77 bits per heavy atom. The smallest absolute Gasteiger partial charge is 0.287 e. The van der Waals surface area contributed by atoms with Gasteiger partial charge < -0.3 is 19.5 Å². The van der Waals surface area contributed by atoms with Gasteiger partial charge in [0.15, 0.2) is 5.76 Å². The molecule has 3 aromatic heterocycles. The average molecular weight is 354 g/mol. The van der Waals surface area contributed by atoms with E-state index >= 15 is 0 Å². The fourth-order valence-electron chi connectivity index (χ4n) is 2.69. The predicted molar refractivity (Wildman–Crippen MR) is 96.7 cm³/mol. The number of hydrogen-bond donors (Lipinski definition) is 2. The van der Waals surface area contributed by atoms with E-state index in [4.69, 9.17) is 4.42 Å². The topological polar surface area (TPSA) is 88.6 Å². The Hall–Kier alpha value is -3.09. The lowest BCUT2D eigenvalue weighted by atomic mass is 10.0. The predicted octanol–water partition coefficient (Wildman–Crippen LogP) is 2.04. The second kappa shape index (κ2) is 7.86. The minimum atomic E-state index is -0.631. The molecule has 3 aromatic rings. The molecule has 2 amide bonds. The van der Waals surface area contributed by atoms with Crippen molar-refractivity contribution in [3.05, 3.63) is 60.4 Å². The second-order valence-electron chi connectivity index (χ2n) is 6.41. The van der Waals surface area contributed by atoms with Crippen LogP contribution in [0.15, 0.2) is 53.4 Å². The van der Waals surface area contributed by atoms with Gasteiger partial charge in [-0.2, -0.15) is 0 Å². The molecule has 26 heavy (non-hydrogen) atoms. The Kier molecular flexibility index (Phi) is 5.36. The number of imidazole rings is 1. The van der Waals surface area contributed by atoms with Gasteiger partial charge in [-0.15, -0.1) is 0 Å². The molecule has 1 unspecified atom stereocenters. The zero-order valence-corrected chi connectivity index (χ0v) is 14.8. The molecule has 7 nitrogen and oxygen atoms in total. The van der Waals surface area contributed by atoms with Crippen LogP contribution in [-0.4, -0.2) is 33.8 Å². The number of carbonyl (C=O) groups is 2. The van der Waals surface area contributed by atoms with Gasteiger partial charge in [-0.25, -0.2) is 4.98 Å². The van der Waals surface area contributed by atoms with Gasteiger partial charge in [-0.1, -0.05) is 19.9 Å².